The van der Waals surface area contributed by atoms with E-state index in [0.29, 0.717) is 12.2 Å². The van der Waals surface area contributed by atoms with Crippen LogP contribution in [0.4, 0.5) is 0 Å². The highest BCUT2D eigenvalue weighted by Gasteiger charge is 2.42. The van der Waals surface area contributed by atoms with Crippen molar-refractivity contribution in [3.63, 3.8) is 0 Å². The van der Waals surface area contributed by atoms with Crippen molar-refractivity contribution < 1.29 is 9.63 Å². The summed E-state index contributed by atoms with van der Waals surface area (Å²) in [6.45, 7) is 0. The molecule has 0 aromatic heterocycles. The third-order valence-corrected chi connectivity index (χ3v) is 4.44. The molecule has 0 radical (unpaired) electrons. The molecule has 1 amide bonds. The number of benzene rings is 2. The molecule has 2 aromatic carbocycles. The first-order valence-electron chi connectivity index (χ1n) is 7.61. The summed E-state index contributed by atoms with van der Waals surface area (Å²) in [6, 6.07) is 13.2. The van der Waals surface area contributed by atoms with Gasteiger partial charge in [0, 0.05) is 11.4 Å². The lowest BCUT2D eigenvalue weighted by molar-refractivity contribution is -0.135. The van der Waals surface area contributed by atoms with Gasteiger partial charge >= 0.3 is 0 Å². The van der Waals surface area contributed by atoms with Crippen LogP contribution in [0.3, 0.4) is 0 Å². The maximum atomic E-state index is 12.4. The summed E-state index contributed by atoms with van der Waals surface area (Å²) >= 11 is 0. The zero-order valence-electron chi connectivity index (χ0n) is 12.4. The van der Waals surface area contributed by atoms with Crippen LogP contribution in [0.1, 0.15) is 25.7 Å². The fourth-order valence-electron chi connectivity index (χ4n) is 2.99. The van der Waals surface area contributed by atoms with E-state index in [1.54, 1.807) is 0 Å². The summed E-state index contributed by atoms with van der Waals surface area (Å²) in [5, 5.41) is 1.98. The van der Waals surface area contributed by atoms with Gasteiger partial charge in [-0.25, -0.2) is 0 Å². The molecule has 5 nitrogen and oxygen atoms in total. The molecule has 22 heavy (non-hydrogen) atoms. The lowest BCUT2D eigenvalue weighted by Gasteiger charge is -2.37. The first kappa shape index (κ1) is 14.8. The molecule has 3 rings (SSSR count). The summed E-state index contributed by atoms with van der Waals surface area (Å²) in [5.74, 6) is 0.243. The Morgan fingerprint density at radius 1 is 1.18 bits per heavy atom. The number of rotatable bonds is 3. The van der Waals surface area contributed by atoms with E-state index in [1.807, 2.05) is 42.5 Å². The van der Waals surface area contributed by atoms with Crippen LogP contribution in [-0.2, 0) is 4.79 Å². The third-order valence-electron chi connectivity index (χ3n) is 4.44. The van der Waals surface area contributed by atoms with Gasteiger partial charge in [0.1, 0.15) is 5.54 Å². The number of hydrogen-bond acceptors (Lipinski definition) is 4. The molecule has 1 aliphatic carbocycles. The normalized spacial score (nSPS) is 24.9. The Hall–Kier alpha value is -2.11. The van der Waals surface area contributed by atoms with Crippen molar-refractivity contribution in [1.29, 1.82) is 0 Å². The lowest BCUT2D eigenvalue weighted by atomic mass is 9.78. The van der Waals surface area contributed by atoms with Gasteiger partial charge < -0.3 is 16.3 Å². The molecule has 1 fully saturated rings. The van der Waals surface area contributed by atoms with Crippen LogP contribution in [-0.4, -0.2) is 17.5 Å². The number of hydrogen-bond donors (Lipinski definition) is 3. The number of amides is 1. The molecule has 5 heteroatoms. The molecule has 1 aliphatic rings. The van der Waals surface area contributed by atoms with E-state index in [4.69, 9.17) is 16.3 Å². The highest BCUT2D eigenvalue weighted by Crippen LogP contribution is 2.27. The van der Waals surface area contributed by atoms with E-state index in [9.17, 15) is 4.79 Å². The standard InChI is InChI=1S/C17H21N3O2/c18-15-10-3-4-11-17(15,19)16(21)20-22-14-9-5-7-12-6-1-2-8-13(12)14/h1-2,5-9,15H,3-4,10-11,18-19H2,(H,20,21). The monoisotopic (exact) mass is 299 g/mol. The van der Waals surface area contributed by atoms with Gasteiger partial charge in [0.2, 0.25) is 0 Å². The summed E-state index contributed by atoms with van der Waals surface area (Å²) in [4.78, 5) is 17.9. The number of fused-ring (bicyclic) bond motifs is 1. The van der Waals surface area contributed by atoms with Crippen LogP contribution in [0.15, 0.2) is 42.5 Å². The predicted octanol–water partition coefficient (Wildman–Crippen LogP) is 1.85. The van der Waals surface area contributed by atoms with Gasteiger partial charge in [-0.2, -0.15) is 5.48 Å². The van der Waals surface area contributed by atoms with Gasteiger partial charge in [-0.15, -0.1) is 0 Å². The lowest BCUT2D eigenvalue weighted by Crippen LogP contribution is -2.66. The second-order valence-corrected chi connectivity index (χ2v) is 5.90. The zero-order chi connectivity index (χ0) is 15.6. The van der Waals surface area contributed by atoms with Crippen LogP contribution in [0.2, 0.25) is 0 Å². The summed E-state index contributed by atoms with van der Waals surface area (Å²) in [5.41, 5.74) is 13.7. The van der Waals surface area contributed by atoms with Gasteiger partial charge in [0.15, 0.2) is 5.75 Å². The molecular weight excluding hydrogens is 278 g/mol. The molecular formula is C17H21N3O2. The number of nitrogens with two attached hydrogens (primary N) is 2. The minimum atomic E-state index is -1.05. The average molecular weight is 299 g/mol. The van der Waals surface area contributed by atoms with Gasteiger partial charge in [-0.05, 0) is 24.3 Å². The van der Waals surface area contributed by atoms with Crippen LogP contribution < -0.4 is 21.8 Å². The molecule has 0 aliphatic heterocycles. The molecule has 1 saturated carbocycles. The average Bonchev–Trinajstić information content (AvgIpc) is 2.55. The second-order valence-electron chi connectivity index (χ2n) is 5.90. The molecule has 2 unspecified atom stereocenters. The molecule has 0 bridgehead atoms. The highest BCUT2D eigenvalue weighted by atomic mass is 16.7. The van der Waals surface area contributed by atoms with E-state index in [-0.39, 0.29) is 11.9 Å². The maximum absolute atomic E-state index is 12.4. The molecule has 5 N–H and O–H groups in total. The summed E-state index contributed by atoms with van der Waals surface area (Å²) < 4.78 is 0. The largest absolute Gasteiger partial charge is 0.379 e. The first-order valence-corrected chi connectivity index (χ1v) is 7.61. The molecule has 2 aromatic rings. The zero-order valence-corrected chi connectivity index (χ0v) is 12.4. The van der Waals surface area contributed by atoms with Crippen molar-refractivity contribution in [3.8, 4) is 5.75 Å². The molecule has 0 heterocycles. The van der Waals surface area contributed by atoms with Gasteiger partial charge in [0.25, 0.3) is 5.91 Å². The van der Waals surface area contributed by atoms with Crippen LogP contribution in [0, 0.1) is 0 Å². The fraction of sp³-hybridized carbons (Fsp3) is 0.353. The molecule has 2 atom stereocenters. The van der Waals surface area contributed by atoms with Crippen molar-refractivity contribution >= 4 is 16.7 Å². The van der Waals surface area contributed by atoms with Crippen LogP contribution in [0.25, 0.3) is 10.8 Å². The maximum Gasteiger partial charge on any atom is 0.274 e. The molecule has 0 saturated heterocycles. The van der Waals surface area contributed by atoms with Crippen molar-refractivity contribution in [2.75, 3.05) is 0 Å². The van der Waals surface area contributed by atoms with Gasteiger partial charge in [-0.1, -0.05) is 49.2 Å². The second kappa shape index (κ2) is 5.94. The highest BCUT2D eigenvalue weighted by molar-refractivity contribution is 5.89. The summed E-state index contributed by atoms with van der Waals surface area (Å²) in [6.07, 6.45) is 3.26. The minimum absolute atomic E-state index is 0.336. The quantitative estimate of drug-likeness (QED) is 0.754. The van der Waals surface area contributed by atoms with Crippen molar-refractivity contribution in [3.05, 3.63) is 42.5 Å². The molecule has 0 spiro atoms. The van der Waals surface area contributed by atoms with Gasteiger partial charge in [0.05, 0.1) is 0 Å². The van der Waals surface area contributed by atoms with E-state index < -0.39 is 5.54 Å². The van der Waals surface area contributed by atoms with E-state index in [1.165, 1.54) is 0 Å². The van der Waals surface area contributed by atoms with E-state index in [2.05, 4.69) is 5.48 Å². The third kappa shape index (κ3) is 2.65. The Morgan fingerprint density at radius 2 is 1.95 bits per heavy atom. The van der Waals surface area contributed by atoms with Crippen molar-refractivity contribution in [2.24, 2.45) is 11.5 Å². The number of nitrogens with one attached hydrogen (secondary N) is 1. The van der Waals surface area contributed by atoms with Crippen molar-refractivity contribution in [2.45, 2.75) is 37.3 Å². The number of carbonyl (C=O) groups is 1. The topological polar surface area (TPSA) is 90.4 Å². The molecule has 116 valence electrons. The Kier molecular flexibility index (Phi) is 4.00. The van der Waals surface area contributed by atoms with Crippen LogP contribution >= 0.6 is 0 Å². The first-order chi connectivity index (χ1) is 10.6. The SMILES string of the molecule is NC1CCCCC1(N)C(=O)NOc1cccc2ccccc12. The number of hydroxylamine groups is 1. The Bertz CT molecular complexity index is 683. The Balaban J connectivity index is 1.75. The fourth-order valence-corrected chi connectivity index (χ4v) is 2.99. The van der Waals surface area contributed by atoms with Crippen LogP contribution in [0.5, 0.6) is 5.75 Å². The Labute approximate surface area is 129 Å². The Morgan fingerprint density at radius 3 is 2.77 bits per heavy atom. The van der Waals surface area contributed by atoms with E-state index >= 15 is 0 Å². The van der Waals surface area contributed by atoms with Crippen molar-refractivity contribution in [1.82, 2.24) is 5.48 Å². The summed E-state index contributed by atoms with van der Waals surface area (Å²) in [7, 11) is 0. The van der Waals surface area contributed by atoms with E-state index in [0.717, 1.165) is 30.0 Å². The minimum Gasteiger partial charge on any atom is -0.379 e. The van der Waals surface area contributed by atoms with Gasteiger partial charge in [-0.3, -0.25) is 4.79 Å². The number of carbonyl (C=O) groups excluding carboxylic acids is 1. The predicted molar refractivity (Wildman–Crippen MR) is 86.1 cm³/mol. The smallest absolute Gasteiger partial charge is 0.274 e.